The van der Waals surface area contributed by atoms with Gasteiger partial charge in [0, 0.05) is 17.8 Å². The van der Waals surface area contributed by atoms with Crippen molar-refractivity contribution in [3.63, 3.8) is 0 Å². The van der Waals surface area contributed by atoms with Crippen molar-refractivity contribution in [3.05, 3.63) is 11.3 Å². The molecule has 0 radical (unpaired) electrons. The van der Waals surface area contributed by atoms with Crippen LogP contribution in [0, 0.1) is 11.8 Å². The van der Waals surface area contributed by atoms with Gasteiger partial charge in [-0.15, -0.1) is 0 Å². The number of allylic oxidation sites excluding steroid dienone is 1. The maximum absolute atomic E-state index is 13.5. The first-order valence-electron chi connectivity index (χ1n) is 14.8. The number of thiol groups is 1. The highest BCUT2D eigenvalue weighted by atomic mass is 32.1. The van der Waals surface area contributed by atoms with Crippen LogP contribution in [0.15, 0.2) is 11.3 Å². The molecule has 0 aromatic carbocycles. The minimum atomic E-state index is -0.619. The Hall–Kier alpha value is -1.55. The molecule has 1 saturated carbocycles. The standard InChI is InChI=1S/C30H55BN2O6S/c1-27(2,3)37-25(34)32-18-21-19-33(26(35)38-28(4,5)6)23(24(36-11)20-14-12-15-20)22(21)16-13-17-31-39-29(7,8)30(9,10)40/h21-23,31,40H,12-19H2,1-11H3,(H,32,34). The number of hydrogen-bond donors (Lipinski definition) is 2. The number of ether oxygens (including phenoxy) is 3. The lowest BCUT2D eigenvalue weighted by atomic mass is 9.79. The van der Waals surface area contributed by atoms with Crippen LogP contribution in [0.1, 0.15) is 101 Å². The fraction of sp³-hybridized carbons (Fsp3) is 0.867. The number of amides is 2. The van der Waals surface area contributed by atoms with Gasteiger partial charge in [0.05, 0.1) is 18.8 Å². The molecule has 3 atom stereocenters. The van der Waals surface area contributed by atoms with Gasteiger partial charge in [0.25, 0.3) is 7.48 Å². The summed E-state index contributed by atoms with van der Waals surface area (Å²) in [6.07, 6.45) is 4.96. The van der Waals surface area contributed by atoms with Crippen LogP contribution in [0.25, 0.3) is 0 Å². The van der Waals surface area contributed by atoms with Crippen molar-refractivity contribution in [2.45, 2.75) is 135 Å². The Labute approximate surface area is 249 Å². The Morgan fingerprint density at radius 2 is 1.60 bits per heavy atom. The van der Waals surface area contributed by atoms with Crippen LogP contribution in [0.5, 0.6) is 0 Å². The Morgan fingerprint density at radius 3 is 2.08 bits per heavy atom. The highest BCUT2D eigenvalue weighted by Gasteiger charge is 2.48. The molecule has 2 rings (SSSR count). The fourth-order valence-electron chi connectivity index (χ4n) is 5.03. The zero-order chi connectivity index (χ0) is 30.5. The van der Waals surface area contributed by atoms with Crippen LogP contribution in [0.4, 0.5) is 9.59 Å². The number of methoxy groups -OCH3 is 1. The Morgan fingerprint density at radius 1 is 1.00 bits per heavy atom. The molecule has 40 heavy (non-hydrogen) atoms. The summed E-state index contributed by atoms with van der Waals surface area (Å²) in [6.45, 7) is 20.3. The van der Waals surface area contributed by atoms with Crippen LogP contribution in [0.3, 0.4) is 0 Å². The molecule has 1 heterocycles. The second-order valence-corrected chi connectivity index (χ2v) is 15.4. The number of rotatable bonds is 11. The number of alkyl carbamates (subject to hydrolysis) is 1. The molecule has 2 aliphatic rings. The highest BCUT2D eigenvalue weighted by molar-refractivity contribution is 7.81. The van der Waals surface area contributed by atoms with E-state index < -0.39 is 17.3 Å². The van der Waals surface area contributed by atoms with Gasteiger partial charge in [-0.2, -0.15) is 12.6 Å². The number of carbonyl (C=O) groups is 2. The van der Waals surface area contributed by atoms with E-state index in [1.807, 2.05) is 46.4 Å². The van der Waals surface area contributed by atoms with Crippen molar-refractivity contribution in [1.82, 2.24) is 10.2 Å². The summed E-state index contributed by atoms with van der Waals surface area (Å²) >= 11 is 4.71. The summed E-state index contributed by atoms with van der Waals surface area (Å²) in [5.41, 5.74) is -0.298. The van der Waals surface area contributed by atoms with Crippen molar-refractivity contribution < 1.29 is 28.5 Å². The van der Waals surface area contributed by atoms with Crippen LogP contribution in [-0.2, 0) is 18.9 Å². The summed E-state index contributed by atoms with van der Waals surface area (Å²) in [4.78, 5) is 27.9. The normalized spacial score (nSPS) is 21.9. The molecule has 1 saturated heterocycles. The van der Waals surface area contributed by atoms with Crippen molar-refractivity contribution in [2.75, 3.05) is 20.2 Å². The molecule has 0 aromatic heterocycles. The van der Waals surface area contributed by atoms with Gasteiger partial charge in [-0.1, -0.05) is 12.7 Å². The highest BCUT2D eigenvalue weighted by Crippen LogP contribution is 2.42. The van der Waals surface area contributed by atoms with E-state index in [1.165, 1.54) is 5.57 Å². The van der Waals surface area contributed by atoms with Gasteiger partial charge in [0.1, 0.15) is 17.0 Å². The first-order chi connectivity index (χ1) is 18.3. The van der Waals surface area contributed by atoms with Gasteiger partial charge >= 0.3 is 12.2 Å². The molecule has 3 unspecified atom stereocenters. The Bertz CT molecular complexity index is 897. The van der Waals surface area contributed by atoms with Crippen LogP contribution in [-0.4, -0.2) is 72.4 Å². The van der Waals surface area contributed by atoms with Gasteiger partial charge in [-0.3, -0.25) is 4.90 Å². The molecule has 1 aliphatic heterocycles. The topological polar surface area (TPSA) is 86.3 Å². The average molecular weight is 583 g/mol. The average Bonchev–Trinajstić information content (AvgIpc) is 3.09. The summed E-state index contributed by atoms with van der Waals surface area (Å²) < 4.78 is 23.3. The molecular formula is C30H55BN2O6S. The molecule has 0 bridgehead atoms. The zero-order valence-corrected chi connectivity index (χ0v) is 27.8. The van der Waals surface area contributed by atoms with E-state index in [-0.39, 0.29) is 34.3 Å². The zero-order valence-electron chi connectivity index (χ0n) is 26.9. The number of carbonyl (C=O) groups excluding carboxylic acids is 2. The maximum Gasteiger partial charge on any atom is 0.410 e. The van der Waals surface area contributed by atoms with E-state index >= 15 is 0 Å². The van der Waals surface area contributed by atoms with Crippen molar-refractivity contribution in [1.29, 1.82) is 0 Å². The Balaban J connectivity index is 2.27. The summed E-state index contributed by atoms with van der Waals surface area (Å²) in [5, 5.41) is 2.96. The fourth-order valence-corrected chi connectivity index (χ4v) is 5.10. The maximum atomic E-state index is 13.5. The molecule has 10 heteroatoms. The predicted octanol–water partition coefficient (Wildman–Crippen LogP) is 6.50. The molecular weight excluding hydrogens is 527 g/mol. The second-order valence-electron chi connectivity index (χ2n) is 14.3. The largest absolute Gasteiger partial charge is 0.499 e. The van der Waals surface area contributed by atoms with Gasteiger partial charge in [0.15, 0.2) is 0 Å². The number of nitrogens with zero attached hydrogens (tertiary/aromatic N) is 1. The number of hydrogen-bond acceptors (Lipinski definition) is 7. The molecule has 0 spiro atoms. The molecule has 2 amide bonds. The van der Waals surface area contributed by atoms with Crippen molar-refractivity contribution in [2.24, 2.45) is 11.8 Å². The summed E-state index contributed by atoms with van der Waals surface area (Å²) in [7, 11) is 2.33. The molecule has 1 N–H and O–H groups in total. The molecule has 8 nitrogen and oxygen atoms in total. The lowest BCUT2D eigenvalue weighted by molar-refractivity contribution is 0.0184. The van der Waals surface area contributed by atoms with Gasteiger partial charge in [0.2, 0.25) is 0 Å². The van der Waals surface area contributed by atoms with Gasteiger partial charge < -0.3 is 24.2 Å². The predicted molar refractivity (Wildman–Crippen MR) is 165 cm³/mol. The van der Waals surface area contributed by atoms with Gasteiger partial charge in [-0.25, -0.2) is 9.59 Å². The van der Waals surface area contributed by atoms with E-state index in [4.69, 9.17) is 31.5 Å². The SMILES string of the molecule is COC(=C1CCC1)C1C(CCCBOC(C)(C)C(C)(C)S)C(CNC(=O)OC(C)(C)C)CN1C(=O)OC(C)(C)C. The van der Waals surface area contributed by atoms with Crippen molar-refractivity contribution >= 4 is 32.3 Å². The van der Waals surface area contributed by atoms with E-state index in [0.29, 0.717) is 20.6 Å². The van der Waals surface area contributed by atoms with Crippen LogP contribution < -0.4 is 5.32 Å². The monoisotopic (exact) mass is 582 g/mol. The molecule has 1 aliphatic carbocycles. The van der Waals surface area contributed by atoms with Crippen molar-refractivity contribution in [3.8, 4) is 0 Å². The van der Waals surface area contributed by atoms with Crippen LogP contribution in [0.2, 0.25) is 6.32 Å². The van der Waals surface area contributed by atoms with E-state index in [0.717, 1.165) is 44.2 Å². The second kappa shape index (κ2) is 13.6. The lowest BCUT2D eigenvalue weighted by Gasteiger charge is -2.38. The Kier molecular flexibility index (Phi) is 11.8. The number of likely N-dealkylation sites (tertiary alicyclic amines) is 1. The van der Waals surface area contributed by atoms with E-state index in [2.05, 4.69) is 33.0 Å². The minimum Gasteiger partial charge on any atom is -0.499 e. The third kappa shape index (κ3) is 10.1. The quantitative estimate of drug-likeness (QED) is 0.125. The summed E-state index contributed by atoms with van der Waals surface area (Å²) in [6, 6.07) is -0.241. The third-order valence-electron chi connectivity index (χ3n) is 7.98. The van der Waals surface area contributed by atoms with E-state index in [9.17, 15) is 9.59 Å². The summed E-state index contributed by atoms with van der Waals surface area (Å²) in [5.74, 6) is 0.987. The first kappa shape index (κ1) is 34.7. The smallest absolute Gasteiger partial charge is 0.410 e. The van der Waals surface area contributed by atoms with E-state index in [1.54, 1.807) is 7.11 Å². The van der Waals surface area contributed by atoms with Gasteiger partial charge in [-0.05, 0) is 112 Å². The number of nitrogens with one attached hydrogen (secondary N) is 1. The van der Waals surface area contributed by atoms with Crippen LogP contribution >= 0.6 is 12.6 Å². The molecule has 0 aromatic rings. The molecule has 230 valence electrons. The molecule has 2 fully saturated rings. The first-order valence-corrected chi connectivity index (χ1v) is 15.3. The minimum absolute atomic E-state index is 0.0181. The lowest BCUT2D eigenvalue weighted by Crippen LogP contribution is -2.44. The third-order valence-corrected chi connectivity index (χ3v) is 8.51.